The fourth-order valence-corrected chi connectivity index (χ4v) is 1.90. The fourth-order valence-electron chi connectivity index (χ4n) is 1.90. The second-order valence-corrected chi connectivity index (χ2v) is 4.76. The average Bonchev–Trinajstić information content (AvgIpc) is 2.25. The lowest BCUT2D eigenvalue weighted by molar-refractivity contribution is 0.0698. The third-order valence-corrected chi connectivity index (χ3v) is 2.99. The van der Waals surface area contributed by atoms with E-state index in [1.807, 2.05) is 19.1 Å². The smallest absolute Gasteiger partial charge is 0.337 e. The number of anilines is 1. The van der Waals surface area contributed by atoms with Crippen molar-refractivity contribution in [1.82, 2.24) is 0 Å². The van der Waals surface area contributed by atoms with Crippen LogP contribution in [0.4, 0.5) is 5.69 Å². The summed E-state index contributed by atoms with van der Waals surface area (Å²) in [6.07, 6.45) is 0.977. The summed E-state index contributed by atoms with van der Waals surface area (Å²) in [7, 11) is 0. The number of aromatic carboxylic acids is 1. The third-order valence-electron chi connectivity index (χ3n) is 2.99. The number of benzene rings is 1. The van der Waals surface area contributed by atoms with Gasteiger partial charge in [-0.25, -0.2) is 4.79 Å². The molecule has 0 saturated carbocycles. The Balaban J connectivity index is 3.03. The van der Waals surface area contributed by atoms with Crippen LogP contribution in [0.3, 0.4) is 0 Å². The molecule has 2 N–H and O–H groups in total. The molecule has 0 aliphatic rings. The third kappa shape index (κ3) is 3.48. The van der Waals surface area contributed by atoms with Crippen molar-refractivity contribution >= 4 is 11.7 Å². The van der Waals surface area contributed by atoms with Crippen LogP contribution >= 0.6 is 0 Å². The first-order chi connectivity index (χ1) is 7.95. The maximum absolute atomic E-state index is 11.1. The van der Waals surface area contributed by atoms with Gasteiger partial charge in [-0.2, -0.15) is 0 Å². The number of carboxylic acids is 1. The van der Waals surface area contributed by atoms with E-state index in [2.05, 4.69) is 26.1 Å². The van der Waals surface area contributed by atoms with Crippen LogP contribution in [0.25, 0.3) is 0 Å². The first-order valence-corrected chi connectivity index (χ1v) is 6.06. The molecular weight excluding hydrogens is 214 g/mol. The highest BCUT2D eigenvalue weighted by Crippen LogP contribution is 2.21. The minimum atomic E-state index is -0.883. The molecule has 0 saturated heterocycles. The fraction of sp³-hybridized carbons (Fsp3) is 0.500. The summed E-state index contributed by atoms with van der Waals surface area (Å²) >= 11 is 0. The maximum atomic E-state index is 11.1. The number of carboxylic acid groups (broad SMARTS) is 1. The zero-order chi connectivity index (χ0) is 13.0. The van der Waals surface area contributed by atoms with Crippen LogP contribution in [-0.4, -0.2) is 17.1 Å². The Labute approximate surface area is 103 Å². The first kappa shape index (κ1) is 13.6. The topological polar surface area (TPSA) is 49.3 Å². The van der Waals surface area contributed by atoms with Gasteiger partial charge in [-0.05, 0) is 37.0 Å². The number of nitrogens with one attached hydrogen (secondary N) is 1. The van der Waals surface area contributed by atoms with Gasteiger partial charge in [-0.3, -0.25) is 0 Å². The van der Waals surface area contributed by atoms with Crippen LogP contribution in [-0.2, 0) is 0 Å². The van der Waals surface area contributed by atoms with E-state index < -0.39 is 5.97 Å². The van der Waals surface area contributed by atoms with Gasteiger partial charge in [0.15, 0.2) is 0 Å². The van der Waals surface area contributed by atoms with E-state index in [1.54, 1.807) is 6.07 Å². The Bertz CT molecular complexity index is 399. The summed E-state index contributed by atoms with van der Waals surface area (Å²) in [5.74, 6) is -0.409. The molecule has 0 amide bonds. The lowest BCUT2D eigenvalue weighted by atomic mass is 10.0. The van der Waals surface area contributed by atoms with Crippen LogP contribution in [0, 0.1) is 12.8 Å². The summed E-state index contributed by atoms with van der Waals surface area (Å²) in [6.45, 7) is 8.34. The molecule has 0 aromatic heterocycles. The quantitative estimate of drug-likeness (QED) is 0.820. The molecule has 17 heavy (non-hydrogen) atoms. The number of aryl methyl sites for hydroxylation is 1. The molecule has 0 aliphatic carbocycles. The van der Waals surface area contributed by atoms with E-state index in [4.69, 9.17) is 5.11 Å². The van der Waals surface area contributed by atoms with Gasteiger partial charge in [0.1, 0.15) is 0 Å². The highest BCUT2D eigenvalue weighted by molar-refractivity contribution is 5.94. The van der Waals surface area contributed by atoms with Crippen molar-refractivity contribution in [3.8, 4) is 0 Å². The molecule has 3 nitrogen and oxygen atoms in total. The minimum absolute atomic E-state index is 0.301. The van der Waals surface area contributed by atoms with Crippen LogP contribution < -0.4 is 5.32 Å². The number of hydrogen-bond donors (Lipinski definition) is 2. The highest BCUT2D eigenvalue weighted by Gasteiger charge is 2.15. The second-order valence-electron chi connectivity index (χ2n) is 4.76. The number of rotatable bonds is 5. The predicted molar refractivity (Wildman–Crippen MR) is 70.7 cm³/mol. The molecule has 94 valence electrons. The van der Waals surface area contributed by atoms with Crippen LogP contribution in [0.5, 0.6) is 0 Å². The van der Waals surface area contributed by atoms with E-state index in [0.717, 1.165) is 17.7 Å². The zero-order valence-corrected chi connectivity index (χ0v) is 10.9. The van der Waals surface area contributed by atoms with Crippen molar-refractivity contribution in [2.75, 3.05) is 5.32 Å². The second kappa shape index (κ2) is 5.71. The maximum Gasteiger partial charge on any atom is 0.337 e. The van der Waals surface area contributed by atoms with Crippen molar-refractivity contribution in [2.24, 2.45) is 5.92 Å². The molecule has 1 aromatic rings. The van der Waals surface area contributed by atoms with Crippen LogP contribution in [0.2, 0.25) is 0 Å². The Kier molecular flexibility index (Phi) is 4.55. The molecule has 0 heterocycles. The molecule has 0 bridgehead atoms. The monoisotopic (exact) mass is 235 g/mol. The largest absolute Gasteiger partial charge is 0.478 e. The van der Waals surface area contributed by atoms with Gasteiger partial charge in [0, 0.05) is 11.7 Å². The Morgan fingerprint density at radius 3 is 2.53 bits per heavy atom. The standard InChI is InChI=1S/C14H21NO2/c1-5-12(9(2)3)15-13-8-10(4)6-7-11(13)14(16)17/h6-9,12,15H,5H2,1-4H3,(H,16,17). The van der Waals surface area contributed by atoms with Crippen molar-refractivity contribution < 1.29 is 9.90 Å². The van der Waals surface area contributed by atoms with Gasteiger partial charge < -0.3 is 10.4 Å². The molecule has 1 aromatic carbocycles. The number of carbonyl (C=O) groups is 1. The molecule has 0 fully saturated rings. The Hall–Kier alpha value is -1.51. The molecule has 1 rings (SSSR count). The summed E-state index contributed by atoms with van der Waals surface area (Å²) in [4.78, 5) is 11.1. The van der Waals surface area contributed by atoms with Crippen LogP contribution in [0.15, 0.2) is 18.2 Å². The average molecular weight is 235 g/mol. The lowest BCUT2D eigenvalue weighted by Crippen LogP contribution is -2.25. The molecule has 0 aliphatic heterocycles. The highest BCUT2D eigenvalue weighted by atomic mass is 16.4. The molecule has 1 atom stereocenters. The van der Waals surface area contributed by atoms with Crippen molar-refractivity contribution in [3.63, 3.8) is 0 Å². The van der Waals surface area contributed by atoms with Gasteiger partial charge in [-0.15, -0.1) is 0 Å². The summed E-state index contributed by atoms with van der Waals surface area (Å²) in [5.41, 5.74) is 2.13. The van der Waals surface area contributed by atoms with Crippen LogP contribution in [0.1, 0.15) is 43.1 Å². The van der Waals surface area contributed by atoms with E-state index >= 15 is 0 Å². The Morgan fingerprint density at radius 2 is 2.06 bits per heavy atom. The molecular formula is C14H21NO2. The molecule has 1 unspecified atom stereocenters. The normalized spacial score (nSPS) is 12.5. The van der Waals surface area contributed by atoms with Crippen molar-refractivity contribution in [1.29, 1.82) is 0 Å². The summed E-state index contributed by atoms with van der Waals surface area (Å²) < 4.78 is 0. The van der Waals surface area contributed by atoms with Gasteiger partial charge in [0.25, 0.3) is 0 Å². The zero-order valence-electron chi connectivity index (χ0n) is 10.9. The van der Waals surface area contributed by atoms with Gasteiger partial charge in [0.2, 0.25) is 0 Å². The van der Waals surface area contributed by atoms with E-state index in [-0.39, 0.29) is 0 Å². The molecule has 0 spiro atoms. The molecule has 3 heteroatoms. The van der Waals surface area contributed by atoms with Crippen molar-refractivity contribution in [3.05, 3.63) is 29.3 Å². The Morgan fingerprint density at radius 1 is 1.41 bits per heavy atom. The van der Waals surface area contributed by atoms with E-state index in [9.17, 15) is 4.79 Å². The number of hydrogen-bond acceptors (Lipinski definition) is 2. The van der Waals surface area contributed by atoms with Gasteiger partial charge in [-0.1, -0.05) is 26.8 Å². The van der Waals surface area contributed by atoms with Gasteiger partial charge in [0.05, 0.1) is 5.56 Å². The lowest BCUT2D eigenvalue weighted by Gasteiger charge is -2.23. The summed E-state index contributed by atoms with van der Waals surface area (Å²) in [5, 5.41) is 12.5. The van der Waals surface area contributed by atoms with Gasteiger partial charge >= 0.3 is 5.97 Å². The van der Waals surface area contributed by atoms with Crippen molar-refractivity contribution in [2.45, 2.75) is 40.2 Å². The van der Waals surface area contributed by atoms with E-state index in [0.29, 0.717) is 17.5 Å². The predicted octanol–water partition coefficient (Wildman–Crippen LogP) is 3.54. The molecule has 0 radical (unpaired) electrons. The SMILES string of the molecule is CCC(Nc1cc(C)ccc1C(=O)O)C(C)C. The van der Waals surface area contributed by atoms with E-state index in [1.165, 1.54) is 0 Å². The minimum Gasteiger partial charge on any atom is -0.478 e. The summed E-state index contributed by atoms with van der Waals surface area (Å²) in [6, 6.07) is 5.68. The first-order valence-electron chi connectivity index (χ1n) is 6.06.